The van der Waals surface area contributed by atoms with E-state index in [9.17, 15) is 9.59 Å². The van der Waals surface area contributed by atoms with E-state index in [4.69, 9.17) is 9.47 Å². The van der Waals surface area contributed by atoms with Crippen LogP contribution in [-0.4, -0.2) is 56.4 Å². The third-order valence-corrected chi connectivity index (χ3v) is 3.12. The van der Waals surface area contributed by atoms with Gasteiger partial charge in [-0.15, -0.1) is 0 Å². The van der Waals surface area contributed by atoms with Crippen molar-refractivity contribution in [1.82, 2.24) is 10.2 Å². The van der Waals surface area contributed by atoms with Crippen LogP contribution in [0.4, 0.5) is 4.79 Å². The zero-order valence-electron chi connectivity index (χ0n) is 15.2. The van der Waals surface area contributed by atoms with Crippen LogP contribution in [0.1, 0.15) is 32.3 Å². The normalized spacial score (nSPS) is 12.6. The molecule has 1 unspecified atom stereocenters. The lowest BCUT2D eigenvalue weighted by molar-refractivity contribution is -0.145. The number of amides is 1. The van der Waals surface area contributed by atoms with Crippen LogP contribution in [0.5, 0.6) is 0 Å². The summed E-state index contributed by atoms with van der Waals surface area (Å²) < 4.78 is 10.5. The van der Waals surface area contributed by atoms with Crippen molar-refractivity contribution in [3.8, 4) is 0 Å². The fraction of sp³-hybridized carbons (Fsp3) is 0.556. The van der Waals surface area contributed by atoms with Crippen molar-refractivity contribution in [2.24, 2.45) is 0 Å². The monoisotopic (exact) mass is 336 g/mol. The quantitative estimate of drug-likeness (QED) is 0.775. The molecular weight excluding hydrogens is 308 g/mol. The van der Waals surface area contributed by atoms with Crippen molar-refractivity contribution in [2.45, 2.75) is 32.3 Å². The summed E-state index contributed by atoms with van der Waals surface area (Å²) >= 11 is 0. The highest BCUT2D eigenvalue weighted by Crippen LogP contribution is 2.17. The fourth-order valence-corrected chi connectivity index (χ4v) is 1.95. The molecule has 134 valence electrons. The van der Waals surface area contributed by atoms with Crippen molar-refractivity contribution < 1.29 is 19.1 Å². The number of likely N-dealkylation sites (N-methyl/N-ethyl adjacent to an activating group) is 1. The van der Waals surface area contributed by atoms with Gasteiger partial charge in [0.05, 0.1) is 5.92 Å². The molecule has 0 radical (unpaired) electrons. The zero-order chi connectivity index (χ0) is 18.2. The molecule has 0 saturated carbocycles. The molecule has 0 aromatic heterocycles. The summed E-state index contributed by atoms with van der Waals surface area (Å²) in [4.78, 5) is 26.2. The van der Waals surface area contributed by atoms with Gasteiger partial charge in [0.1, 0.15) is 12.2 Å². The number of nitrogens with one attached hydrogen (secondary N) is 1. The minimum Gasteiger partial charge on any atom is -0.464 e. The van der Waals surface area contributed by atoms with E-state index in [1.807, 2.05) is 49.3 Å². The number of carbonyl (C=O) groups excluding carboxylic acids is 2. The van der Waals surface area contributed by atoms with E-state index in [0.717, 1.165) is 5.56 Å². The molecule has 1 rings (SSSR count). The summed E-state index contributed by atoms with van der Waals surface area (Å²) in [5.74, 6) is -0.931. The van der Waals surface area contributed by atoms with E-state index >= 15 is 0 Å². The zero-order valence-corrected chi connectivity index (χ0v) is 15.2. The molecule has 0 fully saturated rings. The summed E-state index contributed by atoms with van der Waals surface area (Å²) in [5.41, 5.74) is 0.210. The number of esters is 1. The molecule has 6 nitrogen and oxygen atoms in total. The Morgan fingerprint density at radius 2 is 1.79 bits per heavy atom. The van der Waals surface area contributed by atoms with E-state index in [1.165, 1.54) is 0 Å². The summed E-state index contributed by atoms with van der Waals surface area (Å²) in [6.07, 6.45) is -0.551. The number of hydrogen-bond acceptors (Lipinski definition) is 5. The van der Waals surface area contributed by atoms with Crippen molar-refractivity contribution in [3.63, 3.8) is 0 Å². The van der Waals surface area contributed by atoms with Crippen LogP contribution in [0.3, 0.4) is 0 Å². The number of rotatable bonds is 7. The Kier molecular flexibility index (Phi) is 7.71. The average Bonchev–Trinajstić information content (AvgIpc) is 2.46. The second kappa shape index (κ2) is 9.27. The number of benzene rings is 1. The fourth-order valence-electron chi connectivity index (χ4n) is 1.95. The van der Waals surface area contributed by atoms with E-state index in [1.54, 1.807) is 20.8 Å². The van der Waals surface area contributed by atoms with Gasteiger partial charge in [0.2, 0.25) is 0 Å². The van der Waals surface area contributed by atoms with Crippen molar-refractivity contribution in [2.75, 3.05) is 33.8 Å². The predicted molar refractivity (Wildman–Crippen MR) is 92.9 cm³/mol. The first kappa shape index (κ1) is 20.0. The number of hydrogen-bond donors (Lipinski definition) is 1. The van der Waals surface area contributed by atoms with Crippen LogP contribution in [0.2, 0.25) is 0 Å². The molecule has 0 spiro atoms. The Balaban J connectivity index is 2.69. The molecule has 1 N–H and O–H groups in total. The lowest BCUT2D eigenvalue weighted by atomic mass is 9.99. The molecule has 1 atom stereocenters. The van der Waals surface area contributed by atoms with Gasteiger partial charge >= 0.3 is 12.1 Å². The average molecular weight is 336 g/mol. The summed E-state index contributed by atoms with van der Waals surface area (Å²) in [5, 5.41) is 2.65. The smallest absolute Gasteiger partial charge is 0.407 e. The SMILES string of the molecule is CN(C)CCOC(=O)C(CNC(=O)OC(C)(C)C)c1ccccc1. The molecule has 1 amide bonds. The van der Waals surface area contributed by atoms with Crippen molar-refractivity contribution in [1.29, 1.82) is 0 Å². The third-order valence-electron chi connectivity index (χ3n) is 3.12. The van der Waals surface area contributed by atoms with E-state index in [2.05, 4.69) is 5.32 Å². The molecule has 1 aromatic carbocycles. The molecule has 24 heavy (non-hydrogen) atoms. The highest BCUT2D eigenvalue weighted by atomic mass is 16.6. The summed E-state index contributed by atoms with van der Waals surface area (Å²) in [6, 6.07) is 9.26. The van der Waals surface area contributed by atoms with Gasteiger partial charge in [-0.05, 0) is 40.4 Å². The van der Waals surface area contributed by atoms with E-state index in [-0.39, 0.29) is 12.5 Å². The van der Waals surface area contributed by atoms with E-state index in [0.29, 0.717) is 13.2 Å². The largest absolute Gasteiger partial charge is 0.464 e. The maximum atomic E-state index is 12.4. The molecule has 1 aromatic rings. The second-order valence-corrected chi connectivity index (χ2v) is 6.82. The van der Waals surface area contributed by atoms with Crippen LogP contribution in [0.15, 0.2) is 30.3 Å². The maximum absolute atomic E-state index is 12.4. The molecule has 6 heteroatoms. The van der Waals surface area contributed by atoms with Gasteiger partial charge in [0.15, 0.2) is 0 Å². The highest BCUT2D eigenvalue weighted by Gasteiger charge is 2.24. The minimum atomic E-state index is -0.585. The van der Waals surface area contributed by atoms with Crippen LogP contribution < -0.4 is 5.32 Å². The molecule has 0 aliphatic carbocycles. The molecular formula is C18H28N2O4. The Morgan fingerprint density at radius 1 is 1.17 bits per heavy atom. The summed E-state index contributed by atoms with van der Waals surface area (Å²) in [6.45, 7) is 6.44. The lowest BCUT2D eigenvalue weighted by Crippen LogP contribution is -2.37. The standard InChI is InChI=1S/C18H28N2O4/c1-18(2,3)24-17(22)19-13-15(14-9-7-6-8-10-14)16(21)23-12-11-20(4)5/h6-10,15H,11-13H2,1-5H3,(H,19,22). The summed E-state index contributed by atoms with van der Waals surface area (Å²) in [7, 11) is 3.82. The van der Waals surface area contributed by atoms with Gasteiger partial charge in [0.25, 0.3) is 0 Å². The van der Waals surface area contributed by atoms with Gasteiger partial charge in [-0.2, -0.15) is 0 Å². The number of carbonyl (C=O) groups is 2. The third kappa shape index (κ3) is 7.97. The van der Waals surface area contributed by atoms with Crippen molar-refractivity contribution >= 4 is 12.1 Å². The highest BCUT2D eigenvalue weighted by molar-refractivity contribution is 5.79. The van der Waals surface area contributed by atoms with Crippen LogP contribution in [-0.2, 0) is 14.3 Å². The number of alkyl carbamates (subject to hydrolysis) is 1. The minimum absolute atomic E-state index is 0.125. The van der Waals surface area contributed by atoms with E-state index < -0.39 is 17.6 Å². The van der Waals surface area contributed by atoms with Gasteiger partial charge < -0.3 is 19.7 Å². The molecule has 0 aliphatic heterocycles. The van der Waals surface area contributed by atoms with Gasteiger partial charge in [-0.1, -0.05) is 30.3 Å². The predicted octanol–water partition coefficient (Wildman–Crippen LogP) is 2.40. The first-order chi connectivity index (χ1) is 11.2. The molecule has 0 aliphatic rings. The molecule has 0 bridgehead atoms. The molecule has 0 saturated heterocycles. The van der Waals surface area contributed by atoms with Crippen LogP contribution >= 0.6 is 0 Å². The van der Waals surface area contributed by atoms with Gasteiger partial charge in [-0.3, -0.25) is 4.79 Å². The topological polar surface area (TPSA) is 67.9 Å². The Bertz CT molecular complexity index is 524. The first-order valence-corrected chi connectivity index (χ1v) is 8.02. The van der Waals surface area contributed by atoms with Crippen LogP contribution in [0.25, 0.3) is 0 Å². The maximum Gasteiger partial charge on any atom is 0.407 e. The number of ether oxygens (including phenoxy) is 2. The molecule has 0 heterocycles. The van der Waals surface area contributed by atoms with Crippen LogP contribution in [0, 0.1) is 0 Å². The Labute approximate surface area is 144 Å². The lowest BCUT2D eigenvalue weighted by Gasteiger charge is -2.22. The van der Waals surface area contributed by atoms with Gasteiger partial charge in [0, 0.05) is 13.1 Å². The Morgan fingerprint density at radius 3 is 2.33 bits per heavy atom. The second-order valence-electron chi connectivity index (χ2n) is 6.82. The number of nitrogens with zero attached hydrogens (tertiary/aromatic N) is 1. The Hall–Kier alpha value is -2.08. The van der Waals surface area contributed by atoms with Crippen molar-refractivity contribution in [3.05, 3.63) is 35.9 Å². The van der Waals surface area contributed by atoms with Gasteiger partial charge in [-0.25, -0.2) is 4.79 Å². The first-order valence-electron chi connectivity index (χ1n) is 8.02.